The smallest absolute Gasteiger partial charge is 0.407 e. The molecule has 29 heavy (non-hydrogen) atoms. The van der Waals surface area contributed by atoms with E-state index in [2.05, 4.69) is 0 Å². The van der Waals surface area contributed by atoms with E-state index in [1.54, 1.807) is 0 Å². The maximum absolute atomic E-state index is 13.0. The molecule has 4 aliphatic heterocycles. The van der Waals surface area contributed by atoms with Crippen LogP contribution in [0.1, 0.15) is 22.7 Å². The molecule has 1 unspecified atom stereocenters. The maximum Gasteiger partial charge on any atom is 0.407 e. The Kier molecular flexibility index (Phi) is 4.60. The van der Waals surface area contributed by atoms with Crippen LogP contribution >= 0.6 is 11.6 Å². The monoisotopic (exact) mass is 421 g/mol. The number of amides is 3. The Morgan fingerprint density at radius 2 is 1.93 bits per heavy atom. The third kappa shape index (κ3) is 3.23. The van der Waals surface area contributed by atoms with Gasteiger partial charge in [-0.3, -0.25) is 4.90 Å². The summed E-state index contributed by atoms with van der Waals surface area (Å²) in [7, 11) is 0. The molecule has 0 saturated carbocycles. The van der Waals surface area contributed by atoms with Gasteiger partial charge in [0.2, 0.25) is 0 Å². The normalized spacial score (nSPS) is 25.3. The second-order valence-electron chi connectivity index (χ2n) is 8.50. The second kappa shape index (κ2) is 7.04. The molecule has 0 radical (unpaired) electrons. The summed E-state index contributed by atoms with van der Waals surface area (Å²) in [5.74, 6) is 0. The lowest BCUT2D eigenvalue weighted by atomic mass is 9.78. The Bertz CT molecular complexity index is 851. The topological polar surface area (TPSA) is 82.5 Å². The second-order valence-corrected chi connectivity index (χ2v) is 8.94. The number of carboxylic acid groups (broad SMARTS) is 1. The van der Waals surface area contributed by atoms with Crippen LogP contribution in [0.2, 0.25) is 5.02 Å². The standard InChI is InChI=1S/C20H24ClN3O5/c21-14-5-13-1-2-22(18(25)23-9-20(10-23)11-29-12-20)7-16(13)15(6-14)17-8-28-4-3-24(17)19(26)27/h5-6,17H,1-4,7-12H2,(H,26,27). The van der Waals surface area contributed by atoms with Crippen LogP contribution in [0.25, 0.3) is 0 Å². The Morgan fingerprint density at radius 3 is 2.62 bits per heavy atom. The Morgan fingerprint density at radius 1 is 1.14 bits per heavy atom. The van der Waals surface area contributed by atoms with Crippen molar-refractivity contribution in [2.75, 3.05) is 52.6 Å². The summed E-state index contributed by atoms with van der Waals surface area (Å²) in [4.78, 5) is 29.9. The van der Waals surface area contributed by atoms with E-state index in [0.717, 1.165) is 43.0 Å². The first-order chi connectivity index (χ1) is 14.0. The minimum atomic E-state index is -0.968. The molecule has 0 bridgehead atoms. The van der Waals surface area contributed by atoms with Gasteiger partial charge in [-0.2, -0.15) is 0 Å². The zero-order valence-electron chi connectivity index (χ0n) is 16.1. The lowest BCUT2D eigenvalue weighted by molar-refractivity contribution is -0.177. The molecular weight excluding hydrogens is 398 g/mol. The van der Waals surface area contributed by atoms with Gasteiger partial charge in [0.1, 0.15) is 0 Å². The number of benzene rings is 1. The Hall–Kier alpha value is -2.03. The highest BCUT2D eigenvalue weighted by molar-refractivity contribution is 6.30. The van der Waals surface area contributed by atoms with Crippen LogP contribution in [-0.4, -0.2) is 84.5 Å². The molecule has 9 heteroatoms. The Balaban J connectivity index is 1.39. The van der Waals surface area contributed by atoms with Crippen LogP contribution in [0.3, 0.4) is 0 Å². The molecule has 8 nitrogen and oxygen atoms in total. The molecule has 1 aromatic carbocycles. The molecule has 1 spiro atoms. The summed E-state index contributed by atoms with van der Waals surface area (Å²) >= 11 is 6.36. The number of fused-ring (bicyclic) bond motifs is 1. The molecule has 1 aromatic rings. The molecule has 4 aliphatic rings. The number of hydrogen-bond acceptors (Lipinski definition) is 4. The number of carbonyl (C=O) groups excluding carboxylic acids is 1. The van der Waals surface area contributed by atoms with E-state index in [4.69, 9.17) is 21.1 Å². The van der Waals surface area contributed by atoms with Gasteiger partial charge >= 0.3 is 12.1 Å². The lowest BCUT2D eigenvalue weighted by Gasteiger charge is -2.55. The van der Waals surface area contributed by atoms with E-state index in [1.807, 2.05) is 21.9 Å². The highest BCUT2D eigenvalue weighted by Gasteiger charge is 2.51. The number of nitrogens with zero attached hydrogens (tertiary/aromatic N) is 3. The predicted molar refractivity (Wildman–Crippen MR) is 104 cm³/mol. The number of carbonyl (C=O) groups is 2. The minimum absolute atomic E-state index is 0.0454. The number of urea groups is 1. The van der Waals surface area contributed by atoms with E-state index < -0.39 is 12.1 Å². The molecule has 1 N–H and O–H groups in total. The van der Waals surface area contributed by atoms with Gasteiger partial charge < -0.3 is 24.4 Å². The van der Waals surface area contributed by atoms with E-state index in [-0.39, 0.29) is 11.4 Å². The van der Waals surface area contributed by atoms with Crippen molar-refractivity contribution in [3.8, 4) is 0 Å². The van der Waals surface area contributed by atoms with Crippen molar-refractivity contribution in [2.45, 2.75) is 19.0 Å². The van der Waals surface area contributed by atoms with Crippen molar-refractivity contribution in [1.29, 1.82) is 0 Å². The van der Waals surface area contributed by atoms with Crippen molar-refractivity contribution in [3.63, 3.8) is 0 Å². The molecule has 4 heterocycles. The van der Waals surface area contributed by atoms with Gasteiger partial charge in [0, 0.05) is 37.7 Å². The zero-order valence-corrected chi connectivity index (χ0v) is 16.9. The molecule has 3 amide bonds. The highest BCUT2D eigenvalue weighted by atomic mass is 35.5. The summed E-state index contributed by atoms with van der Waals surface area (Å²) in [6.07, 6.45) is -0.262. The van der Waals surface area contributed by atoms with E-state index >= 15 is 0 Å². The van der Waals surface area contributed by atoms with Gasteiger partial charge in [0.15, 0.2) is 0 Å². The van der Waals surface area contributed by atoms with Crippen molar-refractivity contribution >= 4 is 23.7 Å². The first-order valence-corrected chi connectivity index (χ1v) is 10.3. The quantitative estimate of drug-likeness (QED) is 0.751. The SMILES string of the molecule is O=C(N1CCc2cc(Cl)cc(C3COCCN3C(=O)O)c2C1)N1CC2(COC2)C1. The summed E-state index contributed by atoms with van der Waals surface area (Å²) in [5, 5.41) is 10.2. The molecule has 5 rings (SSSR count). The number of hydrogen-bond donors (Lipinski definition) is 1. The number of likely N-dealkylation sites (tertiary alicyclic amines) is 1. The highest BCUT2D eigenvalue weighted by Crippen LogP contribution is 2.39. The largest absolute Gasteiger partial charge is 0.465 e. The molecule has 0 aromatic heterocycles. The van der Waals surface area contributed by atoms with Crippen LogP contribution in [0.4, 0.5) is 9.59 Å². The van der Waals surface area contributed by atoms with Crippen LogP contribution < -0.4 is 0 Å². The summed E-state index contributed by atoms with van der Waals surface area (Å²) < 4.78 is 10.9. The fraction of sp³-hybridized carbons (Fsp3) is 0.600. The number of rotatable bonds is 1. The first-order valence-electron chi connectivity index (χ1n) is 9.96. The minimum Gasteiger partial charge on any atom is -0.465 e. The van der Waals surface area contributed by atoms with Gasteiger partial charge in [0.25, 0.3) is 0 Å². The van der Waals surface area contributed by atoms with Crippen molar-refractivity contribution in [3.05, 3.63) is 33.8 Å². The zero-order chi connectivity index (χ0) is 20.2. The molecule has 3 saturated heterocycles. The molecule has 1 atom stereocenters. The van der Waals surface area contributed by atoms with Crippen LogP contribution in [0, 0.1) is 5.41 Å². The van der Waals surface area contributed by atoms with Gasteiger partial charge in [-0.05, 0) is 35.2 Å². The molecular formula is C20H24ClN3O5. The lowest BCUT2D eigenvalue weighted by Crippen LogP contribution is -2.68. The fourth-order valence-electron chi connectivity index (χ4n) is 4.88. The third-order valence-electron chi connectivity index (χ3n) is 6.48. The van der Waals surface area contributed by atoms with Gasteiger partial charge in [-0.15, -0.1) is 0 Å². The average Bonchev–Trinajstić information content (AvgIpc) is 2.64. The first kappa shape index (κ1) is 19.0. The number of halogens is 1. The van der Waals surface area contributed by atoms with Gasteiger partial charge in [-0.25, -0.2) is 9.59 Å². The summed E-state index contributed by atoms with van der Waals surface area (Å²) in [6, 6.07) is 3.39. The van der Waals surface area contributed by atoms with Crippen LogP contribution in [0.15, 0.2) is 12.1 Å². The fourth-order valence-corrected chi connectivity index (χ4v) is 5.13. The van der Waals surface area contributed by atoms with Crippen molar-refractivity contribution in [1.82, 2.24) is 14.7 Å². The number of ether oxygens (including phenoxy) is 2. The Labute approximate surface area is 173 Å². The molecule has 156 valence electrons. The van der Waals surface area contributed by atoms with Crippen molar-refractivity contribution in [2.24, 2.45) is 5.41 Å². The third-order valence-corrected chi connectivity index (χ3v) is 6.70. The molecule has 3 fully saturated rings. The van der Waals surface area contributed by atoms with Gasteiger partial charge in [0.05, 0.1) is 37.9 Å². The summed E-state index contributed by atoms with van der Waals surface area (Å²) in [5.41, 5.74) is 3.11. The van der Waals surface area contributed by atoms with Crippen LogP contribution in [-0.2, 0) is 22.4 Å². The summed E-state index contributed by atoms with van der Waals surface area (Å²) in [6.45, 7) is 5.10. The maximum atomic E-state index is 13.0. The molecule has 0 aliphatic carbocycles. The van der Waals surface area contributed by atoms with E-state index in [9.17, 15) is 14.7 Å². The van der Waals surface area contributed by atoms with Gasteiger partial charge in [-0.1, -0.05) is 11.6 Å². The number of morpholine rings is 1. The van der Waals surface area contributed by atoms with Crippen LogP contribution in [0.5, 0.6) is 0 Å². The predicted octanol–water partition coefficient (Wildman–Crippen LogP) is 2.20. The van der Waals surface area contributed by atoms with Crippen molar-refractivity contribution < 1.29 is 24.2 Å². The van der Waals surface area contributed by atoms with E-state index in [1.165, 1.54) is 4.90 Å². The average molecular weight is 422 g/mol. The van der Waals surface area contributed by atoms with E-state index in [0.29, 0.717) is 44.3 Å².